The Balaban J connectivity index is 1.41. The molecular weight excluding hydrogens is 332 g/mol. The maximum absolute atomic E-state index is 6.05. The van der Waals surface area contributed by atoms with E-state index >= 15 is 0 Å². The van der Waals surface area contributed by atoms with Crippen LogP contribution in [0.2, 0.25) is 0 Å². The van der Waals surface area contributed by atoms with E-state index in [1.54, 1.807) is 7.11 Å². The molecule has 0 amide bonds. The van der Waals surface area contributed by atoms with Crippen LogP contribution in [0.3, 0.4) is 0 Å². The topological polar surface area (TPSA) is 18.5 Å². The van der Waals surface area contributed by atoms with Crippen LogP contribution in [-0.4, -0.2) is 7.11 Å². The Kier molecular flexibility index (Phi) is 5.15. The summed E-state index contributed by atoms with van der Waals surface area (Å²) in [6.45, 7) is 2.92. The molecule has 0 aromatic heterocycles. The number of methoxy groups -OCH3 is 1. The average molecular weight is 358 g/mol. The highest BCUT2D eigenvalue weighted by molar-refractivity contribution is 5.64. The summed E-state index contributed by atoms with van der Waals surface area (Å²) in [7, 11) is 1.69. The molecule has 0 aliphatic heterocycles. The number of aryl methyl sites for hydroxylation is 1. The van der Waals surface area contributed by atoms with Crippen LogP contribution < -0.4 is 9.47 Å². The van der Waals surface area contributed by atoms with E-state index in [1.165, 1.54) is 47.1 Å². The first kappa shape index (κ1) is 17.7. The van der Waals surface area contributed by atoms with Crippen molar-refractivity contribution in [3.05, 3.63) is 83.4 Å². The minimum absolute atomic E-state index is 0.594. The zero-order valence-corrected chi connectivity index (χ0v) is 16.1. The van der Waals surface area contributed by atoms with Crippen molar-refractivity contribution in [3.63, 3.8) is 0 Å². The van der Waals surface area contributed by atoms with Crippen LogP contribution in [0.1, 0.15) is 42.4 Å². The van der Waals surface area contributed by atoms with E-state index in [0.29, 0.717) is 12.5 Å². The van der Waals surface area contributed by atoms with Crippen LogP contribution in [0.4, 0.5) is 0 Å². The molecule has 0 bridgehead atoms. The summed E-state index contributed by atoms with van der Waals surface area (Å²) in [5, 5.41) is 0. The van der Waals surface area contributed by atoms with E-state index in [9.17, 15) is 0 Å². The van der Waals surface area contributed by atoms with Crippen LogP contribution >= 0.6 is 0 Å². The maximum atomic E-state index is 6.05. The molecule has 2 nitrogen and oxygen atoms in total. The highest BCUT2D eigenvalue weighted by Gasteiger charge is 2.16. The van der Waals surface area contributed by atoms with E-state index in [-0.39, 0.29) is 0 Å². The lowest BCUT2D eigenvalue weighted by Crippen LogP contribution is -2.07. The largest absolute Gasteiger partial charge is 0.497 e. The van der Waals surface area contributed by atoms with Crippen molar-refractivity contribution in [2.24, 2.45) is 0 Å². The van der Waals surface area contributed by atoms with Gasteiger partial charge in [-0.1, -0.05) is 49.4 Å². The molecular formula is C25H26O2. The van der Waals surface area contributed by atoms with Crippen LogP contribution in [0.15, 0.2) is 66.7 Å². The van der Waals surface area contributed by atoms with Crippen molar-refractivity contribution in [1.82, 2.24) is 0 Å². The fourth-order valence-electron chi connectivity index (χ4n) is 3.87. The fourth-order valence-corrected chi connectivity index (χ4v) is 3.87. The van der Waals surface area contributed by atoms with Crippen molar-refractivity contribution < 1.29 is 9.47 Å². The Morgan fingerprint density at radius 1 is 0.852 bits per heavy atom. The Morgan fingerprint density at radius 3 is 2.22 bits per heavy atom. The number of rotatable bonds is 5. The first-order valence-corrected chi connectivity index (χ1v) is 9.72. The minimum atomic E-state index is 0.594. The highest BCUT2D eigenvalue weighted by atomic mass is 16.5. The molecule has 0 fully saturated rings. The van der Waals surface area contributed by atoms with Gasteiger partial charge >= 0.3 is 0 Å². The molecule has 1 atom stereocenters. The van der Waals surface area contributed by atoms with E-state index in [0.717, 1.165) is 11.5 Å². The van der Waals surface area contributed by atoms with Crippen molar-refractivity contribution >= 4 is 0 Å². The van der Waals surface area contributed by atoms with Gasteiger partial charge in [0.05, 0.1) is 7.11 Å². The molecule has 1 aliphatic carbocycles. The van der Waals surface area contributed by atoms with Gasteiger partial charge in [0, 0.05) is 0 Å². The third-order valence-corrected chi connectivity index (χ3v) is 5.51. The van der Waals surface area contributed by atoms with Gasteiger partial charge in [-0.3, -0.25) is 0 Å². The van der Waals surface area contributed by atoms with Crippen molar-refractivity contribution in [2.75, 3.05) is 7.11 Å². The zero-order valence-electron chi connectivity index (χ0n) is 16.1. The molecule has 0 N–H and O–H groups in total. The quantitative estimate of drug-likeness (QED) is 0.527. The Labute approximate surface area is 161 Å². The van der Waals surface area contributed by atoms with Gasteiger partial charge < -0.3 is 9.47 Å². The molecule has 3 aromatic carbocycles. The van der Waals surface area contributed by atoms with Gasteiger partial charge in [0.15, 0.2) is 0 Å². The second-order valence-electron chi connectivity index (χ2n) is 7.37. The predicted octanol–water partition coefficient (Wildman–Crippen LogP) is 6.38. The average Bonchev–Trinajstić information content (AvgIpc) is 2.73. The number of ether oxygens (including phenoxy) is 2. The Bertz CT molecular complexity index is 895. The van der Waals surface area contributed by atoms with Crippen molar-refractivity contribution in [1.29, 1.82) is 0 Å². The van der Waals surface area contributed by atoms with Crippen molar-refractivity contribution in [3.8, 4) is 22.6 Å². The normalized spacial score (nSPS) is 15.9. The fraction of sp³-hybridized carbons (Fsp3) is 0.280. The molecule has 0 radical (unpaired) electrons. The number of hydrogen-bond acceptors (Lipinski definition) is 2. The Morgan fingerprint density at radius 2 is 1.52 bits per heavy atom. The standard InChI is InChI=1S/C25H26O2/c1-18-4-3-5-22-16-24(14-15-25(18)22)27-17-19-6-8-20(9-7-19)21-10-12-23(26-2)13-11-21/h6-16,18H,3-5,17H2,1-2H3. The third kappa shape index (κ3) is 4.00. The summed E-state index contributed by atoms with van der Waals surface area (Å²) in [5.41, 5.74) is 6.52. The van der Waals surface area contributed by atoms with Gasteiger partial charge in [-0.05, 0) is 77.3 Å². The lowest BCUT2D eigenvalue weighted by Gasteiger charge is -2.22. The van der Waals surface area contributed by atoms with Gasteiger partial charge in [0.2, 0.25) is 0 Å². The highest BCUT2D eigenvalue weighted by Crippen LogP contribution is 2.33. The van der Waals surface area contributed by atoms with Gasteiger partial charge in [0.25, 0.3) is 0 Å². The smallest absolute Gasteiger partial charge is 0.120 e. The molecule has 27 heavy (non-hydrogen) atoms. The van der Waals surface area contributed by atoms with Gasteiger partial charge in [-0.25, -0.2) is 0 Å². The summed E-state index contributed by atoms with van der Waals surface area (Å²) in [6.07, 6.45) is 3.76. The maximum Gasteiger partial charge on any atom is 0.120 e. The summed E-state index contributed by atoms with van der Waals surface area (Å²) in [4.78, 5) is 0. The van der Waals surface area contributed by atoms with E-state index < -0.39 is 0 Å². The van der Waals surface area contributed by atoms with Crippen LogP contribution in [0.25, 0.3) is 11.1 Å². The lowest BCUT2D eigenvalue weighted by atomic mass is 9.84. The molecule has 3 aromatic rings. The van der Waals surface area contributed by atoms with E-state index in [1.807, 2.05) is 12.1 Å². The second kappa shape index (κ2) is 7.87. The van der Waals surface area contributed by atoms with Crippen LogP contribution in [-0.2, 0) is 13.0 Å². The SMILES string of the molecule is COc1ccc(-c2ccc(COc3ccc4c(c3)CCCC4C)cc2)cc1. The van der Waals surface area contributed by atoms with Gasteiger partial charge in [-0.2, -0.15) is 0 Å². The van der Waals surface area contributed by atoms with Crippen molar-refractivity contribution in [2.45, 2.75) is 38.7 Å². The third-order valence-electron chi connectivity index (χ3n) is 5.51. The van der Waals surface area contributed by atoms with Gasteiger partial charge in [0.1, 0.15) is 18.1 Å². The Hall–Kier alpha value is -2.74. The number of fused-ring (bicyclic) bond motifs is 1. The monoisotopic (exact) mass is 358 g/mol. The predicted molar refractivity (Wildman–Crippen MR) is 111 cm³/mol. The summed E-state index contributed by atoms with van der Waals surface area (Å²) in [5.74, 6) is 2.53. The first-order chi connectivity index (χ1) is 13.2. The zero-order chi connectivity index (χ0) is 18.6. The molecule has 0 saturated heterocycles. The molecule has 0 saturated carbocycles. The minimum Gasteiger partial charge on any atom is -0.497 e. The molecule has 0 spiro atoms. The van der Waals surface area contributed by atoms with E-state index in [4.69, 9.17) is 9.47 Å². The lowest BCUT2D eigenvalue weighted by molar-refractivity contribution is 0.305. The van der Waals surface area contributed by atoms with Gasteiger partial charge in [-0.15, -0.1) is 0 Å². The van der Waals surface area contributed by atoms with Crippen LogP contribution in [0, 0.1) is 0 Å². The summed E-state index contributed by atoms with van der Waals surface area (Å²) < 4.78 is 11.3. The van der Waals surface area contributed by atoms with E-state index in [2.05, 4.69) is 61.5 Å². The molecule has 2 heteroatoms. The molecule has 138 valence electrons. The van der Waals surface area contributed by atoms with Crippen LogP contribution in [0.5, 0.6) is 11.5 Å². The number of hydrogen-bond donors (Lipinski definition) is 0. The molecule has 1 unspecified atom stereocenters. The second-order valence-corrected chi connectivity index (χ2v) is 7.37. The molecule has 0 heterocycles. The number of benzene rings is 3. The first-order valence-electron chi connectivity index (χ1n) is 9.72. The molecule has 1 aliphatic rings. The molecule has 4 rings (SSSR count). The summed E-state index contributed by atoms with van der Waals surface area (Å²) >= 11 is 0. The summed E-state index contributed by atoms with van der Waals surface area (Å²) in [6, 6.07) is 23.3.